The van der Waals surface area contributed by atoms with Crippen LogP contribution in [0.3, 0.4) is 0 Å². The highest BCUT2D eigenvalue weighted by atomic mass is 16.5. The Bertz CT molecular complexity index is 309. The summed E-state index contributed by atoms with van der Waals surface area (Å²) in [6.45, 7) is 3.60. The number of aryl methyl sites for hydroxylation is 1. The molecule has 1 heterocycles. The van der Waals surface area contributed by atoms with Crippen molar-refractivity contribution >= 4 is 5.97 Å². The molecule has 0 aliphatic carbocycles. The van der Waals surface area contributed by atoms with Gasteiger partial charge in [0, 0.05) is 26.3 Å². The predicted molar refractivity (Wildman–Crippen MR) is 56.2 cm³/mol. The minimum atomic E-state index is -0.157. The number of esters is 1. The Morgan fingerprint density at radius 3 is 3.07 bits per heavy atom. The van der Waals surface area contributed by atoms with E-state index in [-0.39, 0.29) is 5.97 Å². The van der Waals surface area contributed by atoms with Crippen molar-refractivity contribution in [2.24, 2.45) is 7.05 Å². The Balaban J connectivity index is 2.12. The first kappa shape index (κ1) is 11.7. The van der Waals surface area contributed by atoms with Gasteiger partial charge in [-0.05, 0) is 6.92 Å². The molecule has 0 aliphatic rings. The molecule has 0 amide bonds. The number of rotatable bonds is 6. The van der Waals surface area contributed by atoms with Gasteiger partial charge in [0.2, 0.25) is 0 Å². The second-order valence-electron chi connectivity index (χ2n) is 3.23. The van der Waals surface area contributed by atoms with Crippen LogP contribution in [0.15, 0.2) is 12.5 Å². The maximum atomic E-state index is 11.0. The lowest BCUT2D eigenvalue weighted by molar-refractivity contribution is -0.142. The average Bonchev–Trinajstić information content (AvgIpc) is 2.60. The topological polar surface area (TPSA) is 56.1 Å². The van der Waals surface area contributed by atoms with E-state index in [0.29, 0.717) is 19.6 Å². The van der Waals surface area contributed by atoms with Crippen LogP contribution >= 0.6 is 0 Å². The SMILES string of the molecule is CCOC(=O)CCNCc1cncn1C. The first-order valence-electron chi connectivity index (χ1n) is 5.05. The van der Waals surface area contributed by atoms with Crippen LogP contribution in [0.5, 0.6) is 0 Å². The number of aromatic nitrogens is 2. The fourth-order valence-corrected chi connectivity index (χ4v) is 1.20. The Hall–Kier alpha value is -1.36. The van der Waals surface area contributed by atoms with E-state index in [4.69, 9.17) is 4.74 Å². The third kappa shape index (κ3) is 4.12. The lowest BCUT2D eigenvalue weighted by atomic mass is 10.4. The summed E-state index contributed by atoms with van der Waals surface area (Å²) in [5.41, 5.74) is 1.10. The van der Waals surface area contributed by atoms with E-state index in [1.54, 1.807) is 19.4 Å². The maximum absolute atomic E-state index is 11.0. The number of imidazole rings is 1. The maximum Gasteiger partial charge on any atom is 0.307 e. The third-order valence-corrected chi connectivity index (χ3v) is 2.03. The van der Waals surface area contributed by atoms with Gasteiger partial charge in [-0.15, -0.1) is 0 Å². The smallest absolute Gasteiger partial charge is 0.307 e. The molecule has 0 saturated carbocycles. The van der Waals surface area contributed by atoms with Gasteiger partial charge in [-0.25, -0.2) is 4.98 Å². The molecule has 0 radical (unpaired) electrons. The number of nitrogens with one attached hydrogen (secondary N) is 1. The van der Waals surface area contributed by atoms with Crippen LogP contribution in [0.1, 0.15) is 19.0 Å². The summed E-state index contributed by atoms with van der Waals surface area (Å²) in [7, 11) is 1.94. The average molecular weight is 211 g/mol. The molecule has 0 fully saturated rings. The van der Waals surface area contributed by atoms with Crippen molar-refractivity contribution in [3.8, 4) is 0 Å². The lowest BCUT2D eigenvalue weighted by Gasteiger charge is -2.04. The summed E-state index contributed by atoms with van der Waals surface area (Å²) in [4.78, 5) is 15.0. The summed E-state index contributed by atoms with van der Waals surface area (Å²) >= 11 is 0. The van der Waals surface area contributed by atoms with Gasteiger partial charge >= 0.3 is 5.97 Å². The van der Waals surface area contributed by atoms with E-state index in [1.165, 1.54) is 0 Å². The van der Waals surface area contributed by atoms with Gasteiger partial charge in [0.25, 0.3) is 0 Å². The van der Waals surface area contributed by atoms with Gasteiger partial charge in [-0.1, -0.05) is 0 Å². The molecule has 0 spiro atoms. The molecule has 84 valence electrons. The molecule has 0 unspecified atom stereocenters. The first-order valence-corrected chi connectivity index (χ1v) is 5.05. The highest BCUT2D eigenvalue weighted by Gasteiger charge is 2.01. The fourth-order valence-electron chi connectivity index (χ4n) is 1.20. The van der Waals surface area contributed by atoms with E-state index >= 15 is 0 Å². The minimum Gasteiger partial charge on any atom is -0.466 e. The zero-order valence-electron chi connectivity index (χ0n) is 9.19. The fraction of sp³-hybridized carbons (Fsp3) is 0.600. The number of ether oxygens (including phenoxy) is 1. The third-order valence-electron chi connectivity index (χ3n) is 2.03. The summed E-state index contributed by atoms with van der Waals surface area (Å²) in [5, 5.41) is 3.16. The minimum absolute atomic E-state index is 0.157. The van der Waals surface area contributed by atoms with Crippen LogP contribution < -0.4 is 5.32 Å². The zero-order valence-corrected chi connectivity index (χ0v) is 9.19. The molecule has 0 bridgehead atoms. The Kier molecular flexibility index (Phi) is 4.83. The number of carbonyl (C=O) groups excluding carboxylic acids is 1. The highest BCUT2D eigenvalue weighted by Crippen LogP contribution is 1.95. The van der Waals surface area contributed by atoms with E-state index in [2.05, 4.69) is 10.3 Å². The number of hydrogen-bond acceptors (Lipinski definition) is 4. The Morgan fingerprint density at radius 1 is 1.67 bits per heavy atom. The van der Waals surface area contributed by atoms with E-state index < -0.39 is 0 Å². The summed E-state index contributed by atoms with van der Waals surface area (Å²) in [5.74, 6) is -0.157. The van der Waals surface area contributed by atoms with Gasteiger partial charge in [-0.2, -0.15) is 0 Å². The molecular formula is C10H17N3O2. The van der Waals surface area contributed by atoms with E-state index in [0.717, 1.165) is 12.2 Å². The number of carbonyl (C=O) groups is 1. The van der Waals surface area contributed by atoms with Gasteiger partial charge in [0.05, 0.1) is 25.0 Å². The van der Waals surface area contributed by atoms with Crippen molar-refractivity contribution in [1.29, 1.82) is 0 Å². The van der Waals surface area contributed by atoms with E-state index in [9.17, 15) is 4.79 Å². The van der Waals surface area contributed by atoms with E-state index in [1.807, 2.05) is 11.6 Å². The van der Waals surface area contributed by atoms with Gasteiger partial charge in [0.15, 0.2) is 0 Å². The van der Waals surface area contributed by atoms with Crippen LogP contribution in [-0.4, -0.2) is 28.7 Å². The lowest BCUT2D eigenvalue weighted by Crippen LogP contribution is -2.20. The number of hydrogen-bond donors (Lipinski definition) is 1. The molecule has 1 aromatic heterocycles. The molecule has 1 aromatic rings. The summed E-state index contributed by atoms with van der Waals surface area (Å²) in [6, 6.07) is 0. The second kappa shape index (κ2) is 6.19. The molecule has 1 N–H and O–H groups in total. The van der Waals surface area contributed by atoms with Crippen LogP contribution in [0, 0.1) is 0 Å². The summed E-state index contributed by atoms with van der Waals surface area (Å²) < 4.78 is 6.75. The molecule has 0 saturated heterocycles. The Morgan fingerprint density at radius 2 is 2.47 bits per heavy atom. The molecule has 15 heavy (non-hydrogen) atoms. The van der Waals surface area contributed by atoms with Crippen molar-refractivity contribution in [2.45, 2.75) is 19.9 Å². The van der Waals surface area contributed by atoms with Crippen molar-refractivity contribution in [3.63, 3.8) is 0 Å². The van der Waals surface area contributed by atoms with Crippen molar-refractivity contribution in [2.75, 3.05) is 13.2 Å². The van der Waals surface area contributed by atoms with Crippen molar-refractivity contribution in [3.05, 3.63) is 18.2 Å². The van der Waals surface area contributed by atoms with Crippen molar-refractivity contribution in [1.82, 2.24) is 14.9 Å². The molecule has 0 aliphatic heterocycles. The normalized spacial score (nSPS) is 10.3. The summed E-state index contributed by atoms with van der Waals surface area (Å²) in [6.07, 6.45) is 3.96. The first-order chi connectivity index (χ1) is 7.24. The standard InChI is InChI=1S/C10H17N3O2/c1-3-15-10(14)4-5-11-6-9-7-12-8-13(9)2/h7-8,11H,3-6H2,1-2H3. The largest absolute Gasteiger partial charge is 0.466 e. The molecule has 5 nitrogen and oxygen atoms in total. The zero-order chi connectivity index (χ0) is 11.1. The van der Waals surface area contributed by atoms with Gasteiger partial charge < -0.3 is 14.6 Å². The molecule has 5 heteroatoms. The molecular weight excluding hydrogens is 194 g/mol. The molecule has 0 atom stereocenters. The molecule has 1 rings (SSSR count). The Labute approximate surface area is 89.4 Å². The quantitative estimate of drug-likeness (QED) is 0.548. The highest BCUT2D eigenvalue weighted by molar-refractivity contribution is 5.69. The van der Waals surface area contributed by atoms with Crippen molar-refractivity contribution < 1.29 is 9.53 Å². The predicted octanol–water partition coefficient (Wildman–Crippen LogP) is 0.463. The molecule has 0 aromatic carbocycles. The monoisotopic (exact) mass is 211 g/mol. The van der Waals surface area contributed by atoms with Gasteiger partial charge in [0.1, 0.15) is 0 Å². The van der Waals surface area contributed by atoms with Crippen LogP contribution in [0.25, 0.3) is 0 Å². The van der Waals surface area contributed by atoms with Crippen LogP contribution in [0.4, 0.5) is 0 Å². The second-order valence-corrected chi connectivity index (χ2v) is 3.23. The van der Waals surface area contributed by atoms with Crippen LogP contribution in [-0.2, 0) is 23.1 Å². The number of nitrogens with zero attached hydrogens (tertiary/aromatic N) is 2. The van der Waals surface area contributed by atoms with Gasteiger partial charge in [-0.3, -0.25) is 4.79 Å². The van der Waals surface area contributed by atoms with Crippen LogP contribution in [0.2, 0.25) is 0 Å².